The van der Waals surface area contributed by atoms with E-state index >= 15 is 0 Å². The van der Waals surface area contributed by atoms with Crippen LogP contribution < -0.4 is 0 Å². The van der Waals surface area contributed by atoms with E-state index in [0.29, 0.717) is 5.92 Å². The van der Waals surface area contributed by atoms with Gasteiger partial charge in [-0.1, -0.05) is 49.3 Å². The molecule has 0 spiro atoms. The van der Waals surface area contributed by atoms with Crippen LogP contribution in [0.3, 0.4) is 0 Å². The van der Waals surface area contributed by atoms with Gasteiger partial charge >= 0.3 is 0 Å². The summed E-state index contributed by atoms with van der Waals surface area (Å²) in [7, 11) is 0. The molecule has 0 aromatic rings. The second-order valence-electron chi connectivity index (χ2n) is 5.37. The van der Waals surface area contributed by atoms with E-state index in [1.807, 2.05) is 0 Å². The van der Waals surface area contributed by atoms with Gasteiger partial charge in [0.1, 0.15) is 6.29 Å². The minimum atomic E-state index is 0.0254. The van der Waals surface area contributed by atoms with Crippen LogP contribution in [0.25, 0.3) is 0 Å². The Balaban J connectivity index is 2.49. The van der Waals surface area contributed by atoms with E-state index in [4.69, 9.17) is 0 Å². The van der Waals surface area contributed by atoms with Gasteiger partial charge in [-0.15, -0.1) is 0 Å². The first-order valence-corrected chi connectivity index (χ1v) is 6.28. The van der Waals surface area contributed by atoms with Gasteiger partial charge in [-0.05, 0) is 30.9 Å². The van der Waals surface area contributed by atoms with Gasteiger partial charge in [-0.3, -0.25) is 0 Å². The summed E-state index contributed by atoms with van der Waals surface area (Å²) in [5.74, 6) is 0.811. The van der Waals surface area contributed by atoms with E-state index in [2.05, 4.69) is 52.0 Å². The first-order valence-electron chi connectivity index (χ1n) is 6.28. The van der Waals surface area contributed by atoms with E-state index in [9.17, 15) is 4.79 Å². The van der Waals surface area contributed by atoms with Crippen molar-refractivity contribution in [2.24, 2.45) is 17.8 Å². The zero-order valence-corrected chi connectivity index (χ0v) is 11.0. The zero-order valence-electron chi connectivity index (χ0n) is 11.0. The Kier molecular flexibility index (Phi) is 3.19. The summed E-state index contributed by atoms with van der Waals surface area (Å²) in [6, 6.07) is 0. The molecule has 2 unspecified atom stereocenters. The predicted octanol–water partition coefficient (Wildman–Crippen LogP) is 3.85. The number of aldehydes is 1. The molecule has 90 valence electrons. The second kappa shape index (κ2) is 4.48. The Morgan fingerprint density at radius 3 is 2.53 bits per heavy atom. The number of hydrogen-bond acceptors (Lipinski definition) is 1. The molecule has 0 aliphatic heterocycles. The quantitative estimate of drug-likeness (QED) is 0.656. The van der Waals surface area contributed by atoms with Gasteiger partial charge < -0.3 is 4.79 Å². The number of carbonyl (C=O) groups excluding carboxylic acids is 1. The largest absolute Gasteiger partial charge is 0.303 e. The van der Waals surface area contributed by atoms with Crippen LogP contribution in [-0.2, 0) is 4.79 Å². The van der Waals surface area contributed by atoms with Crippen LogP contribution in [0, 0.1) is 17.8 Å². The van der Waals surface area contributed by atoms with Gasteiger partial charge in [0.25, 0.3) is 0 Å². The lowest BCUT2D eigenvalue weighted by Gasteiger charge is -2.17. The summed E-state index contributed by atoms with van der Waals surface area (Å²) < 4.78 is 0. The molecule has 2 aliphatic rings. The number of rotatable bonds is 2. The van der Waals surface area contributed by atoms with Crippen LogP contribution in [0.4, 0.5) is 0 Å². The highest BCUT2D eigenvalue weighted by Crippen LogP contribution is 2.41. The van der Waals surface area contributed by atoms with E-state index in [1.165, 1.54) is 22.3 Å². The molecule has 0 radical (unpaired) electrons. The van der Waals surface area contributed by atoms with E-state index in [1.54, 1.807) is 0 Å². The maximum absolute atomic E-state index is 11.2. The fraction of sp³-hybridized carbons (Fsp3) is 0.438. The monoisotopic (exact) mass is 228 g/mol. The van der Waals surface area contributed by atoms with Crippen molar-refractivity contribution in [3.8, 4) is 0 Å². The molecule has 0 bridgehead atoms. The summed E-state index contributed by atoms with van der Waals surface area (Å²) in [6.45, 7) is 8.65. The van der Waals surface area contributed by atoms with Crippen molar-refractivity contribution in [1.29, 1.82) is 0 Å². The van der Waals surface area contributed by atoms with Crippen LogP contribution in [0.2, 0.25) is 0 Å². The SMILES string of the molecule is CC1=CC(C=O)C2C(C)=CC=C(C(C)C)C=C12. The number of fused-ring (bicyclic) bond motifs is 1. The van der Waals surface area contributed by atoms with Gasteiger partial charge in [0.2, 0.25) is 0 Å². The van der Waals surface area contributed by atoms with Crippen molar-refractivity contribution >= 4 is 6.29 Å². The molecule has 0 saturated carbocycles. The lowest BCUT2D eigenvalue weighted by atomic mass is 9.85. The van der Waals surface area contributed by atoms with Gasteiger partial charge in [0.15, 0.2) is 0 Å². The molecule has 0 heterocycles. The maximum atomic E-state index is 11.2. The molecular weight excluding hydrogens is 208 g/mol. The molecule has 0 saturated heterocycles. The first-order chi connectivity index (χ1) is 8.04. The van der Waals surface area contributed by atoms with Crippen LogP contribution in [0.1, 0.15) is 27.7 Å². The van der Waals surface area contributed by atoms with Crippen LogP contribution >= 0.6 is 0 Å². The topological polar surface area (TPSA) is 17.1 Å². The van der Waals surface area contributed by atoms with E-state index in [-0.39, 0.29) is 11.8 Å². The minimum absolute atomic E-state index is 0.0254. The van der Waals surface area contributed by atoms with Crippen LogP contribution in [0.5, 0.6) is 0 Å². The molecule has 17 heavy (non-hydrogen) atoms. The average Bonchev–Trinajstić information content (AvgIpc) is 2.48. The standard InChI is InChI=1S/C16H20O/c1-10(2)13-6-5-11(3)16-14(9-17)7-12(4)15(16)8-13/h5-10,14,16H,1-4H3. The van der Waals surface area contributed by atoms with Gasteiger partial charge in [-0.2, -0.15) is 0 Å². The first kappa shape index (κ1) is 12.1. The Morgan fingerprint density at radius 1 is 1.24 bits per heavy atom. The van der Waals surface area contributed by atoms with Crippen molar-refractivity contribution in [2.45, 2.75) is 27.7 Å². The summed E-state index contributed by atoms with van der Waals surface area (Å²) in [6.07, 6.45) is 9.82. The average molecular weight is 228 g/mol. The van der Waals surface area contributed by atoms with E-state index in [0.717, 1.165) is 6.29 Å². The third-order valence-electron chi connectivity index (χ3n) is 3.79. The lowest BCUT2D eigenvalue weighted by molar-refractivity contribution is -0.110. The van der Waals surface area contributed by atoms with Crippen molar-refractivity contribution < 1.29 is 4.79 Å². The smallest absolute Gasteiger partial charge is 0.127 e. The molecule has 0 fully saturated rings. The second-order valence-corrected chi connectivity index (χ2v) is 5.37. The Bertz CT molecular complexity index is 458. The molecule has 0 N–H and O–H groups in total. The third kappa shape index (κ3) is 2.06. The molecule has 2 atom stereocenters. The predicted molar refractivity (Wildman–Crippen MR) is 71.6 cm³/mol. The lowest BCUT2D eigenvalue weighted by Crippen LogP contribution is -2.12. The number of allylic oxidation sites excluding steroid dienone is 8. The molecule has 0 aromatic carbocycles. The molecule has 2 aliphatic carbocycles. The molecule has 1 nitrogen and oxygen atoms in total. The molecular formula is C16H20O. The summed E-state index contributed by atoms with van der Waals surface area (Å²) >= 11 is 0. The Hall–Kier alpha value is -1.37. The third-order valence-corrected chi connectivity index (χ3v) is 3.79. The van der Waals surface area contributed by atoms with E-state index < -0.39 is 0 Å². The fourth-order valence-electron chi connectivity index (χ4n) is 2.72. The number of carbonyl (C=O) groups is 1. The summed E-state index contributed by atoms with van der Waals surface area (Å²) in [5.41, 5.74) is 5.22. The Morgan fingerprint density at radius 2 is 1.94 bits per heavy atom. The van der Waals surface area contributed by atoms with Gasteiger partial charge in [-0.25, -0.2) is 0 Å². The van der Waals surface area contributed by atoms with Crippen LogP contribution in [0.15, 0.2) is 46.6 Å². The van der Waals surface area contributed by atoms with Crippen molar-refractivity contribution in [2.75, 3.05) is 0 Å². The highest BCUT2D eigenvalue weighted by molar-refractivity contribution is 5.66. The van der Waals surface area contributed by atoms with Gasteiger partial charge in [0, 0.05) is 11.8 Å². The molecule has 0 amide bonds. The summed E-state index contributed by atoms with van der Waals surface area (Å²) in [5, 5.41) is 0. The fourth-order valence-corrected chi connectivity index (χ4v) is 2.72. The van der Waals surface area contributed by atoms with Gasteiger partial charge in [0.05, 0.1) is 0 Å². The Labute approximate surface area is 104 Å². The van der Waals surface area contributed by atoms with Crippen molar-refractivity contribution in [3.63, 3.8) is 0 Å². The highest BCUT2D eigenvalue weighted by atomic mass is 16.1. The normalized spacial score (nSPS) is 27.8. The highest BCUT2D eigenvalue weighted by Gasteiger charge is 2.32. The number of hydrogen-bond donors (Lipinski definition) is 0. The summed E-state index contributed by atoms with van der Waals surface area (Å²) in [4.78, 5) is 11.2. The molecule has 1 heteroatoms. The molecule has 2 rings (SSSR count). The van der Waals surface area contributed by atoms with Crippen molar-refractivity contribution in [3.05, 3.63) is 46.6 Å². The molecule has 0 aromatic heterocycles. The minimum Gasteiger partial charge on any atom is -0.303 e. The van der Waals surface area contributed by atoms with Crippen LogP contribution in [-0.4, -0.2) is 6.29 Å². The zero-order chi connectivity index (χ0) is 12.6. The van der Waals surface area contributed by atoms with Crippen molar-refractivity contribution in [1.82, 2.24) is 0 Å². The maximum Gasteiger partial charge on any atom is 0.127 e.